The Morgan fingerprint density at radius 1 is 1.40 bits per heavy atom. The molecule has 15 heavy (non-hydrogen) atoms. The second-order valence-corrected chi connectivity index (χ2v) is 4.49. The van der Waals surface area contributed by atoms with Crippen LogP contribution in [0.3, 0.4) is 0 Å². The minimum Gasteiger partial charge on any atom is -0.338 e. The molecule has 3 heteroatoms. The van der Waals surface area contributed by atoms with Gasteiger partial charge < -0.3 is 9.88 Å². The summed E-state index contributed by atoms with van der Waals surface area (Å²) in [5, 5.41) is 3.45. The molecule has 0 unspecified atom stereocenters. The summed E-state index contributed by atoms with van der Waals surface area (Å²) in [6, 6.07) is 0. The number of hydrogen-bond acceptors (Lipinski definition) is 2. The van der Waals surface area contributed by atoms with Gasteiger partial charge in [0.15, 0.2) is 0 Å². The van der Waals surface area contributed by atoms with Gasteiger partial charge in [0.2, 0.25) is 0 Å². The Balaban J connectivity index is 2.00. The molecule has 0 radical (unpaired) electrons. The van der Waals surface area contributed by atoms with E-state index in [0.29, 0.717) is 0 Å². The average molecular weight is 209 g/mol. The number of imidazole rings is 1. The highest BCUT2D eigenvalue weighted by Crippen LogP contribution is 2.01. The van der Waals surface area contributed by atoms with Crippen molar-refractivity contribution in [1.82, 2.24) is 14.9 Å². The number of nitrogens with one attached hydrogen (secondary N) is 1. The maximum atomic E-state index is 4.28. The minimum absolute atomic E-state index is 0.821. The molecule has 1 aromatic rings. The van der Waals surface area contributed by atoms with Gasteiger partial charge in [-0.3, -0.25) is 0 Å². The van der Waals surface area contributed by atoms with E-state index in [9.17, 15) is 0 Å². The van der Waals surface area contributed by atoms with Gasteiger partial charge in [0.05, 0.1) is 0 Å². The number of aryl methyl sites for hydroxylation is 1. The molecule has 0 fully saturated rings. The fraction of sp³-hybridized carbons (Fsp3) is 0.750. The molecule has 1 heterocycles. The first-order valence-corrected chi connectivity index (χ1v) is 5.87. The van der Waals surface area contributed by atoms with Crippen LogP contribution in [0.2, 0.25) is 0 Å². The van der Waals surface area contributed by atoms with Gasteiger partial charge in [-0.1, -0.05) is 13.8 Å². The van der Waals surface area contributed by atoms with Crippen molar-refractivity contribution in [3.05, 3.63) is 18.2 Å². The fourth-order valence-corrected chi connectivity index (χ4v) is 1.60. The summed E-state index contributed by atoms with van der Waals surface area (Å²) in [7, 11) is 2.04. The summed E-state index contributed by atoms with van der Waals surface area (Å²) in [5.41, 5.74) is 0. The van der Waals surface area contributed by atoms with E-state index in [1.807, 2.05) is 19.4 Å². The van der Waals surface area contributed by atoms with Crippen LogP contribution in [0.5, 0.6) is 0 Å². The first-order chi connectivity index (χ1) is 7.20. The summed E-state index contributed by atoms with van der Waals surface area (Å²) in [6.07, 6.45) is 7.46. The van der Waals surface area contributed by atoms with Crippen molar-refractivity contribution in [2.75, 3.05) is 13.1 Å². The molecular formula is C12H23N3. The van der Waals surface area contributed by atoms with Gasteiger partial charge in [-0.05, 0) is 25.3 Å². The maximum Gasteiger partial charge on any atom is 0.109 e. The second-order valence-electron chi connectivity index (χ2n) is 4.49. The van der Waals surface area contributed by atoms with Crippen LogP contribution in [0, 0.1) is 5.92 Å². The van der Waals surface area contributed by atoms with E-state index >= 15 is 0 Å². The molecule has 0 aliphatic heterocycles. The third kappa shape index (κ3) is 4.98. The topological polar surface area (TPSA) is 29.9 Å². The van der Waals surface area contributed by atoms with Crippen LogP contribution in [0.1, 0.15) is 32.5 Å². The molecule has 0 saturated carbocycles. The quantitative estimate of drug-likeness (QED) is 0.696. The van der Waals surface area contributed by atoms with Crippen molar-refractivity contribution >= 4 is 0 Å². The van der Waals surface area contributed by atoms with Gasteiger partial charge in [0.1, 0.15) is 5.82 Å². The number of aromatic nitrogens is 2. The highest BCUT2D eigenvalue weighted by atomic mass is 15.0. The van der Waals surface area contributed by atoms with Crippen molar-refractivity contribution < 1.29 is 0 Å². The molecule has 86 valence electrons. The third-order valence-electron chi connectivity index (χ3n) is 2.58. The Kier molecular flexibility index (Phi) is 5.40. The number of hydrogen-bond donors (Lipinski definition) is 1. The lowest BCUT2D eigenvalue weighted by molar-refractivity contribution is 0.526. The largest absolute Gasteiger partial charge is 0.338 e. The van der Waals surface area contributed by atoms with E-state index in [1.165, 1.54) is 12.8 Å². The highest BCUT2D eigenvalue weighted by Gasteiger charge is 1.98. The molecular weight excluding hydrogens is 186 g/mol. The maximum absolute atomic E-state index is 4.28. The van der Waals surface area contributed by atoms with Crippen molar-refractivity contribution in [2.45, 2.75) is 33.1 Å². The van der Waals surface area contributed by atoms with Crippen LogP contribution in [0.4, 0.5) is 0 Å². The molecule has 0 aliphatic carbocycles. The fourth-order valence-electron chi connectivity index (χ4n) is 1.60. The van der Waals surface area contributed by atoms with Crippen LogP contribution in [-0.2, 0) is 13.5 Å². The Bertz CT molecular complexity index is 266. The predicted octanol–water partition coefficient (Wildman–Crippen LogP) is 1.99. The molecule has 0 amide bonds. The highest BCUT2D eigenvalue weighted by molar-refractivity contribution is 4.91. The number of nitrogens with zero attached hydrogens (tertiary/aromatic N) is 2. The number of rotatable bonds is 7. The Morgan fingerprint density at radius 3 is 2.80 bits per heavy atom. The van der Waals surface area contributed by atoms with Crippen molar-refractivity contribution in [1.29, 1.82) is 0 Å². The van der Waals surface area contributed by atoms with Gasteiger partial charge in [-0.2, -0.15) is 0 Å². The molecule has 0 bridgehead atoms. The lowest BCUT2D eigenvalue weighted by Gasteiger charge is -2.06. The Morgan fingerprint density at radius 2 is 2.20 bits per heavy atom. The Hall–Kier alpha value is -0.830. The van der Waals surface area contributed by atoms with E-state index in [1.54, 1.807) is 0 Å². The molecule has 0 saturated heterocycles. The zero-order valence-electron chi connectivity index (χ0n) is 10.2. The van der Waals surface area contributed by atoms with Crippen LogP contribution in [-0.4, -0.2) is 22.6 Å². The van der Waals surface area contributed by atoms with E-state index in [2.05, 4.69) is 28.7 Å². The van der Waals surface area contributed by atoms with Crippen molar-refractivity contribution in [3.8, 4) is 0 Å². The van der Waals surface area contributed by atoms with E-state index in [0.717, 1.165) is 31.3 Å². The average Bonchev–Trinajstić information content (AvgIpc) is 2.57. The van der Waals surface area contributed by atoms with Crippen molar-refractivity contribution in [2.24, 2.45) is 13.0 Å². The molecule has 3 nitrogen and oxygen atoms in total. The molecule has 0 spiro atoms. The lowest BCUT2D eigenvalue weighted by Crippen LogP contribution is -2.20. The van der Waals surface area contributed by atoms with Gasteiger partial charge in [0, 0.05) is 32.4 Å². The van der Waals surface area contributed by atoms with E-state index < -0.39 is 0 Å². The van der Waals surface area contributed by atoms with E-state index in [-0.39, 0.29) is 0 Å². The van der Waals surface area contributed by atoms with Gasteiger partial charge in [-0.15, -0.1) is 0 Å². The van der Waals surface area contributed by atoms with Crippen molar-refractivity contribution in [3.63, 3.8) is 0 Å². The van der Waals surface area contributed by atoms with Gasteiger partial charge in [-0.25, -0.2) is 4.98 Å². The smallest absolute Gasteiger partial charge is 0.109 e. The molecule has 0 atom stereocenters. The predicted molar refractivity (Wildman–Crippen MR) is 63.9 cm³/mol. The van der Waals surface area contributed by atoms with Crippen LogP contribution < -0.4 is 5.32 Å². The first-order valence-electron chi connectivity index (χ1n) is 5.87. The molecule has 0 aliphatic rings. The molecule has 1 aromatic heterocycles. The summed E-state index contributed by atoms with van der Waals surface area (Å²) in [6.45, 7) is 6.70. The zero-order valence-corrected chi connectivity index (χ0v) is 10.2. The summed E-state index contributed by atoms with van der Waals surface area (Å²) < 4.78 is 2.08. The molecule has 0 aromatic carbocycles. The monoisotopic (exact) mass is 209 g/mol. The summed E-state index contributed by atoms with van der Waals surface area (Å²) in [5.74, 6) is 1.98. The normalized spacial score (nSPS) is 11.2. The second kappa shape index (κ2) is 6.62. The SMILES string of the molecule is CC(C)CCCNCCc1nccn1C. The molecule has 1 rings (SSSR count). The summed E-state index contributed by atoms with van der Waals surface area (Å²) in [4.78, 5) is 4.28. The van der Waals surface area contributed by atoms with Gasteiger partial charge in [0.25, 0.3) is 0 Å². The summed E-state index contributed by atoms with van der Waals surface area (Å²) >= 11 is 0. The van der Waals surface area contributed by atoms with Gasteiger partial charge >= 0.3 is 0 Å². The van der Waals surface area contributed by atoms with Crippen LogP contribution in [0.25, 0.3) is 0 Å². The minimum atomic E-state index is 0.821. The zero-order chi connectivity index (χ0) is 11.1. The molecule has 1 N–H and O–H groups in total. The third-order valence-corrected chi connectivity index (χ3v) is 2.58. The first kappa shape index (κ1) is 12.2. The van der Waals surface area contributed by atoms with Crippen LogP contribution >= 0.6 is 0 Å². The van der Waals surface area contributed by atoms with Crippen LogP contribution in [0.15, 0.2) is 12.4 Å². The van der Waals surface area contributed by atoms with E-state index in [4.69, 9.17) is 0 Å². The Labute approximate surface area is 92.9 Å². The standard InChI is InChI=1S/C12H23N3/c1-11(2)5-4-7-13-8-6-12-14-9-10-15(12)3/h9-11,13H,4-8H2,1-3H3. The lowest BCUT2D eigenvalue weighted by atomic mass is 10.1.